The standard InChI is InChI=1S/C13H18N4O4/c1-15(2)10-4-5-16(8-10)12-11(17(19)20)6-9(7-14-12)13(18)21-3/h6-7,10H,4-5,8H2,1-3H3. The summed E-state index contributed by atoms with van der Waals surface area (Å²) in [6.07, 6.45) is 2.24. The maximum atomic E-state index is 11.5. The van der Waals surface area contributed by atoms with Gasteiger partial charge in [0.15, 0.2) is 0 Å². The van der Waals surface area contributed by atoms with E-state index in [1.807, 2.05) is 19.0 Å². The molecule has 0 aromatic carbocycles. The minimum atomic E-state index is -0.635. The summed E-state index contributed by atoms with van der Waals surface area (Å²) in [6.45, 7) is 1.38. The first kappa shape index (κ1) is 15.2. The molecule has 1 aromatic rings. The molecule has 1 aromatic heterocycles. The van der Waals surface area contributed by atoms with Crippen LogP contribution in [0.25, 0.3) is 0 Å². The number of carbonyl (C=O) groups excluding carboxylic acids is 1. The molecule has 1 saturated heterocycles. The van der Waals surface area contributed by atoms with Gasteiger partial charge in [-0.25, -0.2) is 9.78 Å². The maximum Gasteiger partial charge on any atom is 0.339 e. The predicted octanol–water partition coefficient (Wildman–Crippen LogP) is 0.917. The average Bonchev–Trinajstić information content (AvgIpc) is 2.95. The Balaban J connectivity index is 2.32. The van der Waals surface area contributed by atoms with Gasteiger partial charge in [-0.15, -0.1) is 0 Å². The number of esters is 1. The zero-order valence-electron chi connectivity index (χ0n) is 12.3. The minimum Gasteiger partial charge on any atom is -0.465 e. The van der Waals surface area contributed by atoms with E-state index in [-0.39, 0.29) is 11.3 Å². The van der Waals surface area contributed by atoms with Gasteiger partial charge in [0.1, 0.15) is 0 Å². The van der Waals surface area contributed by atoms with Crippen LogP contribution in [0.2, 0.25) is 0 Å². The largest absolute Gasteiger partial charge is 0.465 e. The minimum absolute atomic E-state index is 0.0799. The monoisotopic (exact) mass is 294 g/mol. The smallest absolute Gasteiger partial charge is 0.339 e. The SMILES string of the molecule is COC(=O)c1cnc(N2CCC(N(C)C)C2)c([N+](=O)[O-])c1. The van der Waals surface area contributed by atoms with E-state index in [1.165, 1.54) is 19.4 Å². The zero-order chi connectivity index (χ0) is 15.6. The highest BCUT2D eigenvalue weighted by molar-refractivity contribution is 5.90. The van der Waals surface area contributed by atoms with Crippen LogP contribution in [0.1, 0.15) is 16.8 Å². The first-order valence-electron chi connectivity index (χ1n) is 6.58. The number of methoxy groups -OCH3 is 1. The van der Waals surface area contributed by atoms with Gasteiger partial charge in [-0.2, -0.15) is 0 Å². The van der Waals surface area contributed by atoms with E-state index < -0.39 is 10.9 Å². The summed E-state index contributed by atoms with van der Waals surface area (Å²) >= 11 is 0. The molecule has 0 spiro atoms. The van der Waals surface area contributed by atoms with E-state index in [0.29, 0.717) is 24.9 Å². The van der Waals surface area contributed by atoms with Crippen molar-refractivity contribution in [2.24, 2.45) is 0 Å². The number of pyridine rings is 1. The second-order valence-electron chi connectivity index (χ2n) is 5.17. The quantitative estimate of drug-likeness (QED) is 0.463. The van der Waals surface area contributed by atoms with E-state index in [9.17, 15) is 14.9 Å². The fourth-order valence-electron chi connectivity index (χ4n) is 2.41. The number of anilines is 1. The number of aromatic nitrogens is 1. The van der Waals surface area contributed by atoms with Crippen molar-refractivity contribution in [1.82, 2.24) is 9.88 Å². The molecule has 1 aliphatic rings. The van der Waals surface area contributed by atoms with Gasteiger partial charge >= 0.3 is 11.7 Å². The lowest BCUT2D eigenvalue weighted by Gasteiger charge is -2.20. The van der Waals surface area contributed by atoms with Gasteiger partial charge in [-0.1, -0.05) is 0 Å². The molecule has 1 aliphatic heterocycles. The van der Waals surface area contributed by atoms with E-state index in [4.69, 9.17) is 0 Å². The molecular weight excluding hydrogens is 276 g/mol. The lowest BCUT2D eigenvalue weighted by atomic mass is 10.2. The van der Waals surface area contributed by atoms with Gasteiger partial charge in [0, 0.05) is 31.4 Å². The fraction of sp³-hybridized carbons (Fsp3) is 0.538. The van der Waals surface area contributed by atoms with Crippen LogP contribution in [0.15, 0.2) is 12.3 Å². The molecule has 2 rings (SSSR count). The van der Waals surface area contributed by atoms with E-state index >= 15 is 0 Å². The summed E-state index contributed by atoms with van der Waals surface area (Å²) in [5.74, 6) is -0.332. The number of hydrogen-bond acceptors (Lipinski definition) is 7. The Morgan fingerprint density at radius 2 is 2.29 bits per heavy atom. The Hall–Kier alpha value is -2.22. The normalized spacial score (nSPS) is 18.1. The van der Waals surface area contributed by atoms with E-state index in [1.54, 1.807) is 0 Å². The third-order valence-corrected chi connectivity index (χ3v) is 3.66. The summed E-state index contributed by atoms with van der Waals surface area (Å²) < 4.78 is 4.56. The Bertz CT molecular complexity index is 561. The third-order valence-electron chi connectivity index (χ3n) is 3.66. The Morgan fingerprint density at radius 3 is 2.81 bits per heavy atom. The molecule has 0 amide bonds. The summed E-state index contributed by atoms with van der Waals surface area (Å²) in [5, 5.41) is 11.2. The first-order valence-corrected chi connectivity index (χ1v) is 6.58. The van der Waals surface area contributed by atoms with Gasteiger partial charge in [-0.05, 0) is 20.5 Å². The zero-order valence-corrected chi connectivity index (χ0v) is 12.3. The maximum absolute atomic E-state index is 11.5. The molecule has 0 radical (unpaired) electrons. The Labute approximate surface area is 122 Å². The predicted molar refractivity (Wildman–Crippen MR) is 76.5 cm³/mol. The molecule has 21 heavy (non-hydrogen) atoms. The Morgan fingerprint density at radius 1 is 1.57 bits per heavy atom. The van der Waals surface area contributed by atoms with Gasteiger partial charge < -0.3 is 14.5 Å². The summed E-state index contributed by atoms with van der Waals surface area (Å²) in [6, 6.07) is 1.56. The second kappa shape index (κ2) is 6.04. The van der Waals surface area contributed by atoms with E-state index in [2.05, 4.69) is 14.6 Å². The number of carbonyl (C=O) groups is 1. The van der Waals surface area contributed by atoms with Gasteiger partial charge in [0.2, 0.25) is 5.82 Å². The molecule has 2 heterocycles. The highest BCUT2D eigenvalue weighted by Crippen LogP contribution is 2.30. The van der Waals surface area contributed by atoms with Crippen LogP contribution < -0.4 is 4.90 Å². The van der Waals surface area contributed by atoms with Gasteiger partial charge in [-0.3, -0.25) is 10.1 Å². The van der Waals surface area contributed by atoms with Crippen LogP contribution in [0.4, 0.5) is 11.5 Å². The molecule has 1 atom stereocenters. The third kappa shape index (κ3) is 3.10. The van der Waals surface area contributed by atoms with Crippen molar-refractivity contribution in [2.45, 2.75) is 12.5 Å². The summed E-state index contributed by atoms with van der Waals surface area (Å²) in [5.41, 5.74) is -0.0892. The molecule has 0 N–H and O–H groups in total. The number of nitro groups is 1. The van der Waals surface area contributed by atoms with Crippen molar-refractivity contribution < 1.29 is 14.5 Å². The highest BCUT2D eigenvalue weighted by Gasteiger charge is 2.30. The number of rotatable bonds is 4. The molecule has 0 aliphatic carbocycles. The van der Waals surface area contributed by atoms with E-state index in [0.717, 1.165) is 6.42 Å². The van der Waals surface area contributed by atoms with Crippen LogP contribution in [-0.4, -0.2) is 61.1 Å². The van der Waals surface area contributed by atoms with Crippen LogP contribution in [0, 0.1) is 10.1 Å². The molecule has 1 fully saturated rings. The first-order chi connectivity index (χ1) is 9.93. The van der Waals surface area contributed by atoms with Crippen molar-refractivity contribution in [3.8, 4) is 0 Å². The molecule has 8 nitrogen and oxygen atoms in total. The van der Waals surface area contributed by atoms with Crippen LogP contribution in [0.3, 0.4) is 0 Å². The van der Waals surface area contributed by atoms with Crippen molar-refractivity contribution >= 4 is 17.5 Å². The highest BCUT2D eigenvalue weighted by atomic mass is 16.6. The summed E-state index contributed by atoms with van der Waals surface area (Å²) in [4.78, 5) is 30.3. The van der Waals surface area contributed by atoms with Gasteiger partial charge in [0.25, 0.3) is 0 Å². The molecule has 114 valence electrons. The van der Waals surface area contributed by atoms with Crippen molar-refractivity contribution in [3.63, 3.8) is 0 Å². The topological polar surface area (TPSA) is 88.8 Å². The lowest BCUT2D eigenvalue weighted by Crippen LogP contribution is -2.32. The van der Waals surface area contributed by atoms with Crippen LogP contribution >= 0.6 is 0 Å². The lowest BCUT2D eigenvalue weighted by molar-refractivity contribution is -0.384. The fourth-order valence-corrected chi connectivity index (χ4v) is 2.41. The number of nitrogens with zero attached hydrogens (tertiary/aromatic N) is 4. The number of hydrogen-bond donors (Lipinski definition) is 0. The second-order valence-corrected chi connectivity index (χ2v) is 5.17. The molecule has 0 saturated carbocycles. The summed E-state index contributed by atoms with van der Waals surface area (Å²) in [7, 11) is 5.19. The van der Waals surface area contributed by atoms with Gasteiger partial charge in [0.05, 0.1) is 17.6 Å². The number of ether oxygens (including phenoxy) is 1. The van der Waals surface area contributed by atoms with Crippen molar-refractivity contribution in [2.75, 3.05) is 39.2 Å². The number of likely N-dealkylation sites (N-methyl/N-ethyl adjacent to an activating group) is 1. The van der Waals surface area contributed by atoms with Crippen molar-refractivity contribution in [3.05, 3.63) is 27.9 Å². The Kier molecular flexibility index (Phi) is 4.37. The van der Waals surface area contributed by atoms with Crippen LogP contribution in [-0.2, 0) is 4.74 Å². The molecular formula is C13H18N4O4. The average molecular weight is 294 g/mol. The van der Waals surface area contributed by atoms with Crippen LogP contribution in [0.5, 0.6) is 0 Å². The molecule has 0 bridgehead atoms. The molecule has 8 heteroatoms. The van der Waals surface area contributed by atoms with Crippen molar-refractivity contribution in [1.29, 1.82) is 0 Å². The molecule has 1 unspecified atom stereocenters.